The molecule has 0 bridgehead atoms. The molecule has 7 heteroatoms. The van der Waals surface area contributed by atoms with Crippen LogP contribution in [-0.4, -0.2) is 20.9 Å². The van der Waals surface area contributed by atoms with E-state index in [0.29, 0.717) is 12.4 Å². The first-order valence-corrected chi connectivity index (χ1v) is 11.1. The molecule has 0 unspecified atom stereocenters. The molecule has 0 aromatic heterocycles. The van der Waals surface area contributed by atoms with Crippen LogP contribution in [0.15, 0.2) is 77.7 Å². The van der Waals surface area contributed by atoms with E-state index in [4.69, 9.17) is 4.74 Å². The summed E-state index contributed by atoms with van der Waals surface area (Å²) in [5.74, 6) is 0.317. The summed E-state index contributed by atoms with van der Waals surface area (Å²) in [4.78, 5) is 12.9. The summed E-state index contributed by atoms with van der Waals surface area (Å²) in [6.45, 7) is 4.56. The van der Waals surface area contributed by atoms with E-state index in [2.05, 4.69) is 10.0 Å². The number of carbonyl (C=O) groups excluding carboxylic acids is 1. The van der Waals surface area contributed by atoms with Gasteiger partial charge >= 0.3 is 0 Å². The summed E-state index contributed by atoms with van der Waals surface area (Å²) in [6, 6.07) is 20.5. The van der Waals surface area contributed by atoms with Crippen LogP contribution in [0.1, 0.15) is 28.4 Å². The number of aryl methyl sites for hydroxylation is 1. The minimum atomic E-state index is -3.82. The van der Waals surface area contributed by atoms with Crippen molar-refractivity contribution in [2.75, 3.05) is 11.3 Å². The second-order valence-electron chi connectivity index (χ2n) is 6.69. The molecule has 30 heavy (non-hydrogen) atoms. The first-order valence-electron chi connectivity index (χ1n) is 9.58. The molecule has 0 fully saturated rings. The van der Waals surface area contributed by atoms with Gasteiger partial charge in [0.15, 0.2) is 0 Å². The van der Waals surface area contributed by atoms with E-state index in [1.807, 2.05) is 38.1 Å². The highest BCUT2D eigenvalue weighted by Gasteiger charge is 2.18. The highest BCUT2D eigenvalue weighted by molar-refractivity contribution is 7.92. The zero-order valence-corrected chi connectivity index (χ0v) is 17.7. The van der Waals surface area contributed by atoms with Gasteiger partial charge in [-0.05, 0) is 44.2 Å². The number of anilines is 1. The Morgan fingerprint density at radius 1 is 0.933 bits per heavy atom. The molecule has 0 aliphatic heterocycles. The predicted octanol–water partition coefficient (Wildman–Crippen LogP) is 4.12. The van der Waals surface area contributed by atoms with E-state index in [1.165, 1.54) is 12.1 Å². The first-order chi connectivity index (χ1) is 14.4. The Kier molecular flexibility index (Phi) is 6.74. The fourth-order valence-electron chi connectivity index (χ4n) is 2.91. The maximum atomic E-state index is 12.8. The van der Waals surface area contributed by atoms with Gasteiger partial charge in [-0.25, -0.2) is 8.42 Å². The van der Waals surface area contributed by atoms with Gasteiger partial charge in [-0.2, -0.15) is 0 Å². The molecule has 0 aliphatic rings. The van der Waals surface area contributed by atoms with Crippen molar-refractivity contribution in [3.63, 3.8) is 0 Å². The van der Waals surface area contributed by atoms with Crippen molar-refractivity contribution < 1.29 is 17.9 Å². The van der Waals surface area contributed by atoms with Gasteiger partial charge in [0, 0.05) is 12.1 Å². The molecule has 2 N–H and O–H groups in total. The van der Waals surface area contributed by atoms with Gasteiger partial charge in [-0.3, -0.25) is 9.52 Å². The van der Waals surface area contributed by atoms with Gasteiger partial charge in [0.25, 0.3) is 15.9 Å². The van der Waals surface area contributed by atoms with Crippen molar-refractivity contribution in [1.82, 2.24) is 5.32 Å². The molecule has 156 valence electrons. The zero-order chi connectivity index (χ0) is 21.6. The molecule has 0 heterocycles. The van der Waals surface area contributed by atoms with E-state index < -0.39 is 10.0 Å². The van der Waals surface area contributed by atoms with E-state index in [-0.39, 0.29) is 28.6 Å². The van der Waals surface area contributed by atoms with Crippen LogP contribution in [-0.2, 0) is 16.6 Å². The molecule has 6 nitrogen and oxygen atoms in total. The molecule has 3 aromatic rings. The number of benzene rings is 3. The van der Waals surface area contributed by atoms with Crippen molar-refractivity contribution in [2.45, 2.75) is 25.3 Å². The SMILES string of the molecule is CCOc1ccccc1CNC(=O)c1ccccc1NS(=O)(=O)c1ccc(C)cc1. The Balaban J connectivity index is 1.78. The second-order valence-corrected chi connectivity index (χ2v) is 8.37. The monoisotopic (exact) mass is 424 g/mol. The molecular formula is C23H24N2O4S. The minimum Gasteiger partial charge on any atom is -0.494 e. The number of para-hydroxylation sites is 2. The van der Waals surface area contributed by atoms with Gasteiger partial charge in [-0.15, -0.1) is 0 Å². The number of nitrogens with one attached hydrogen (secondary N) is 2. The largest absolute Gasteiger partial charge is 0.494 e. The molecule has 3 aromatic carbocycles. The van der Waals surface area contributed by atoms with Gasteiger partial charge in [0.05, 0.1) is 22.8 Å². The third-order valence-electron chi connectivity index (χ3n) is 4.46. The fraction of sp³-hybridized carbons (Fsp3) is 0.174. The molecule has 1 amide bonds. The lowest BCUT2D eigenvalue weighted by Crippen LogP contribution is -2.25. The number of amides is 1. The lowest BCUT2D eigenvalue weighted by atomic mass is 10.1. The Morgan fingerprint density at radius 2 is 1.60 bits per heavy atom. The number of ether oxygens (including phenoxy) is 1. The molecule has 0 aliphatic carbocycles. The Bertz CT molecular complexity index is 1130. The van der Waals surface area contributed by atoms with Crippen molar-refractivity contribution in [3.05, 3.63) is 89.5 Å². The first kappa shape index (κ1) is 21.4. The molecule has 0 radical (unpaired) electrons. The van der Waals surface area contributed by atoms with Crippen molar-refractivity contribution in [3.8, 4) is 5.75 Å². The van der Waals surface area contributed by atoms with E-state index in [1.54, 1.807) is 36.4 Å². The van der Waals surface area contributed by atoms with Crippen LogP contribution in [0.2, 0.25) is 0 Å². The summed E-state index contributed by atoms with van der Waals surface area (Å²) in [6.07, 6.45) is 0. The van der Waals surface area contributed by atoms with E-state index in [9.17, 15) is 13.2 Å². The molecule has 0 saturated carbocycles. The molecular weight excluding hydrogens is 400 g/mol. The quantitative estimate of drug-likeness (QED) is 0.570. The fourth-order valence-corrected chi connectivity index (χ4v) is 3.99. The number of carbonyl (C=O) groups is 1. The maximum absolute atomic E-state index is 12.8. The highest BCUT2D eigenvalue weighted by atomic mass is 32.2. The van der Waals surface area contributed by atoms with Crippen molar-refractivity contribution >= 4 is 21.6 Å². The number of hydrogen-bond donors (Lipinski definition) is 2. The topological polar surface area (TPSA) is 84.5 Å². The smallest absolute Gasteiger partial charge is 0.261 e. The Hall–Kier alpha value is -3.32. The van der Waals surface area contributed by atoms with E-state index in [0.717, 1.165) is 11.1 Å². The number of sulfonamides is 1. The number of hydrogen-bond acceptors (Lipinski definition) is 4. The maximum Gasteiger partial charge on any atom is 0.261 e. The molecule has 0 saturated heterocycles. The van der Waals surface area contributed by atoms with Crippen LogP contribution in [0.5, 0.6) is 5.75 Å². The van der Waals surface area contributed by atoms with E-state index >= 15 is 0 Å². The second kappa shape index (κ2) is 9.45. The summed E-state index contributed by atoms with van der Waals surface area (Å²) in [7, 11) is -3.82. The highest BCUT2D eigenvalue weighted by Crippen LogP contribution is 2.22. The summed E-state index contributed by atoms with van der Waals surface area (Å²) >= 11 is 0. The van der Waals surface area contributed by atoms with Gasteiger partial charge in [0.1, 0.15) is 5.75 Å². The average Bonchev–Trinajstić information content (AvgIpc) is 2.73. The zero-order valence-electron chi connectivity index (χ0n) is 16.9. The van der Waals surface area contributed by atoms with Gasteiger partial charge < -0.3 is 10.1 Å². The molecule has 0 atom stereocenters. The van der Waals surface area contributed by atoms with Crippen LogP contribution in [0.25, 0.3) is 0 Å². The van der Waals surface area contributed by atoms with Crippen LogP contribution in [0.3, 0.4) is 0 Å². The predicted molar refractivity (Wildman–Crippen MR) is 117 cm³/mol. The normalized spacial score (nSPS) is 11.0. The standard InChI is InChI=1S/C23H24N2O4S/c1-3-29-22-11-7-4-8-18(22)16-24-23(26)20-9-5-6-10-21(20)25-30(27,28)19-14-12-17(2)13-15-19/h4-15,25H,3,16H2,1-2H3,(H,24,26). The third-order valence-corrected chi connectivity index (χ3v) is 5.84. The Morgan fingerprint density at radius 3 is 2.33 bits per heavy atom. The lowest BCUT2D eigenvalue weighted by Gasteiger charge is -2.14. The average molecular weight is 425 g/mol. The van der Waals surface area contributed by atoms with Crippen molar-refractivity contribution in [2.24, 2.45) is 0 Å². The van der Waals surface area contributed by atoms with Crippen LogP contribution in [0.4, 0.5) is 5.69 Å². The summed E-state index contributed by atoms with van der Waals surface area (Å²) in [5.41, 5.74) is 2.25. The summed E-state index contributed by atoms with van der Waals surface area (Å²) in [5, 5.41) is 2.83. The van der Waals surface area contributed by atoms with Gasteiger partial charge in [-0.1, -0.05) is 48.0 Å². The summed E-state index contributed by atoms with van der Waals surface area (Å²) < 4.78 is 33.5. The molecule has 0 spiro atoms. The third kappa shape index (κ3) is 5.18. The van der Waals surface area contributed by atoms with Crippen molar-refractivity contribution in [1.29, 1.82) is 0 Å². The minimum absolute atomic E-state index is 0.133. The van der Waals surface area contributed by atoms with Crippen LogP contribution >= 0.6 is 0 Å². The molecule has 3 rings (SSSR count). The van der Waals surface area contributed by atoms with Gasteiger partial charge in [0.2, 0.25) is 0 Å². The lowest BCUT2D eigenvalue weighted by molar-refractivity contribution is 0.0951. The number of rotatable bonds is 8. The Labute approximate surface area is 177 Å². The van der Waals surface area contributed by atoms with Crippen LogP contribution in [0, 0.1) is 6.92 Å². The van der Waals surface area contributed by atoms with Crippen LogP contribution < -0.4 is 14.8 Å².